The van der Waals surface area contributed by atoms with E-state index in [0.717, 1.165) is 10.9 Å². The number of ether oxygens (including phenoxy) is 2. The summed E-state index contributed by atoms with van der Waals surface area (Å²) in [5.74, 6) is -7.57. The fraction of sp³-hybridized carbons (Fsp3) is 0.765. The van der Waals surface area contributed by atoms with Gasteiger partial charge in [-0.2, -0.15) is 4.39 Å². The van der Waals surface area contributed by atoms with Crippen molar-refractivity contribution in [3.05, 3.63) is 11.9 Å². The zero-order chi connectivity index (χ0) is 23.5. The van der Waals surface area contributed by atoms with Crippen LogP contribution < -0.4 is 5.32 Å². The molecule has 14 heteroatoms. The van der Waals surface area contributed by atoms with Crippen LogP contribution in [0.1, 0.15) is 25.6 Å². The van der Waals surface area contributed by atoms with Crippen LogP contribution in [0, 0.1) is 5.92 Å². The van der Waals surface area contributed by atoms with Gasteiger partial charge in [-0.1, -0.05) is 19.1 Å². The first-order valence-corrected chi connectivity index (χ1v) is 9.39. The molecule has 0 spiro atoms. The molecule has 1 aromatic heterocycles. The second-order valence-electron chi connectivity index (χ2n) is 7.48. The standard InChI is InChI=1S/C17H26F2N4O8/c1-7(2)15(27)20-10-11(23-4-8(6-30-3)21-22-23)14(18)17(19,16(28)29)31-13(10)12(26)9(25)5-24/h4,7,9-14,24-26H,5-6H2,1-3H3,(H,20,27)(H,28,29)/t9-,10-,11-,12-,13-,14?,17?/m1/s1. The van der Waals surface area contributed by atoms with Crippen LogP contribution in [-0.4, -0.2) is 97.4 Å². The number of hydrogen-bond acceptors (Lipinski definition) is 9. The molecule has 0 saturated carbocycles. The Balaban J connectivity index is 2.61. The Bertz CT molecular complexity index is 781. The van der Waals surface area contributed by atoms with Gasteiger partial charge in [-0.25, -0.2) is 13.9 Å². The van der Waals surface area contributed by atoms with E-state index in [1.807, 2.05) is 0 Å². The van der Waals surface area contributed by atoms with Gasteiger partial charge in [0.05, 0.1) is 25.5 Å². The van der Waals surface area contributed by atoms with E-state index in [-0.39, 0.29) is 12.3 Å². The highest BCUT2D eigenvalue weighted by Crippen LogP contribution is 2.41. The molecule has 5 N–H and O–H groups in total. The summed E-state index contributed by atoms with van der Waals surface area (Å²) in [5.41, 5.74) is 0.197. The zero-order valence-electron chi connectivity index (χ0n) is 17.1. The molecule has 0 bridgehead atoms. The summed E-state index contributed by atoms with van der Waals surface area (Å²) >= 11 is 0. The van der Waals surface area contributed by atoms with E-state index in [1.165, 1.54) is 21.0 Å². The number of rotatable bonds is 9. The first-order valence-electron chi connectivity index (χ1n) is 9.39. The van der Waals surface area contributed by atoms with Gasteiger partial charge in [0.1, 0.15) is 30.0 Å². The molecule has 0 radical (unpaired) electrons. The zero-order valence-corrected chi connectivity index (χ0v) is 17.1. The molecule has 7 atom stereocenters. The third-order valence-electron chi connectivity index (χ3n) is 4.88. The van der Waals surface area contributed by atoms with Crippen LogP contribution in [0.2, 0.25) is 0 Å². The Morgan fingerprint density at radius 2 is 2.06 bits per heavy atom. The lowest BCUT2D eigenvalue weighted by molar-refractivity contribution is -0.283. The van der Waals surface area contributed by atoms with Gasteiger partial charge in [-0.3, -0.25) is 4.79 Å². The van der Waals surface area contributed by atoms with Crippen molar-refractivity contribution >= 4 is 11.9 Å². The number of nitrogens with zero attached hydrogens (tertiary/aromatic N) is 3. The number of aliphatic hydroxyl groups is 3. The lowest BCUT2D eigenvalue weighted by atomic mass is 9.85. The Morgan fingerprint density at radius 1 is 1.42 bits per heavy atom. The van der Waals surface area contributed by atoms with Crippen LogP contribution in [0.5, 0.6) is 0 Å². The highest BCUT2D eigenvalue weighted by Gasteiger charge is 2.64. The molecule has 0 aliphatic carbocycles. The SMILES string of the molecule is COCc1cn([C@H]2C(F)C(F)(C(=O)O)O[C@@H]([C@H](O)[C@H](O)CO)[C@@H]2NC(=O)C(C)C)nn1. The minimum atomic E-state index is -3.96. The fourth-order valence-electron chi connectivity index (χ4n) is 3.18. The van der Waals surface area contributed by atoms with Gasteiger partial charge in [0, 0.05) is 13.0 Å². The molecule has 1 fully saturated rings. The minimum Gasteiger partial charge on any atom is -0.477 e. The van der Waals surface area contributed by atoms with Gasteiger partial charge in [-0.05, 0) is 0 Å². The molecular formula is C17H26F2N4O8. The summed E-state index contributed by atoms with van der Waals surface area (Å²) in [7, 11) is 1.36. The first kappa shape index (κ1) is 25.0. The molecule has 1 saturated heterocycles. The molecule has 1 amide bonds. The maximum absolute atomic E-state index is 15.3. The predicted molar refractivity (Wildman–Crippen MR) is 96.9 cm³/mol. The molecular weight excluding hydrogens is 426 g/mol. The number of aliphatic hydroxyl groups excluding tert-OH is 3. The van der Waals surface area contributed by atoms with Crippen molar-refractivity contribution in [3.63, 3.8) is 0 Å². The van der Waals surface area contributed by atoms with E-state index in [4.69, 9.17) is 14.6 Å². The fourth-order valence-corrected chi connectivity index (χ4v) is 3.18. The van der Waals surface area contributed by atoms with Crippen LogP contribution in [0.4, 0.5) is 8.78 Å². The molecule has 1 aromatic rings. The predicted octanol–water partition coefficient (Wildman–Crippen LogP) is -1.69. The van der Waals surface area contributed by atoms with Crippen molar-refractivity contribution in [1.29, 1.82) is 0 Å². The van der Waals surface area contributed by atoms with Crippen molar-refractivity contribution in [2.75, 3.05) is 13.7 Å². The normalized spacial score (nSPS) is 30.7. The third kappa shape index (κ3) is 4.98. The summed E-state index contributed by atoms with van der Waals surface area (Å²) in [6, 6.07) is -3.44. The lowest BCUT2D eigenvalue weighted by Crippen LogP contribution is -2.69. The topological polar surface area (TPSA) is 176 Å². The molecule has 1 aliphatic heterocycles. The average Bonchev–Trinajstić information content (AvgIpc) is 3.17. The largest absolute Gasteiger partial charge is 0.477 e. The van der Waals surface area contributed by atoms with Gasteiger partial charge < -0.3 is 35.2 Å². The van der Waals surface area contributed by atoms with Crippen LogP contribution in [0.15, 0.2) is 6.20 Å². The van der Waals surface area contributed by atoms with Crippen LogP contribution in [0.25, 0.3) is 0 Å². The second kappa shape index (κ2) is 9.91. The van der Waals surface area contributed by atoms with Crippen molar-refractivity contribution in [2.45, 2.75) is 62.9 Å². The molecule has 1 aliphatic rings. The molecule has 2 unspecified atom stereocenters. The number of carboxylic acids is 1. The van der Waals surface area contributed by atoms with Crippen LogP contribution >= 0.6 is 0 Å². The number of carboxylic acid groups (broad SMARTS) is 1. The van der Waals surface area contributed by atoms with Crippen molar-refractivity contribution in [2.24, 2.45) is 5.92 Å². The summed E-state index contributed by atoms with van der Waals surface area (Å²) in [6.07, 6.45) is -7.71. The number of nitrogens with one attached hydrogen (secondary N) is 1. The molecule has 2 rings (SSSR count). The van der Waals surface area contributed by atoms with Crippen molar-refractivity contribution < 1.29 is 48.3 Å². The van der Waals surface area contributed by atoms with E-state index >= 15 is 8.78 Å². The van der Waals surface area contributed by atoms with E-state index < -0.39 is 66.8 Å². The number of alkyl halides is 2. The Hall–Kier alpha value is -2.26. The van der Waals surface area contributed by atoms with E-state index in [9.17, 15) is 24.9 Å². The molecule has 176 valence electrons. The maximum Gasteiger partial charge on any atom is 0.372 e. The smallest absolute Gasteiger partial charge is 0.372 e. The summed E-state index contributed by atoms with van der Waals surface area (Å²) in [6.45, 7) is 1.98. The summed E-state index contributed by atoms with van der Waals surface area (Å²) < 4.78 is 40.9. The van der Waals surface area contributed by atoms with Crippen LogP contribution in [-0.2, 0) is 25.7 Å². The van der Waals surface area contributed by atoms with Gasteiger partial charge in [0.2, 0.25) is 5.91 Å². The van der Waals surface area contributed by atoms with Gasteiger partial charge >= 0.3 is 11.8 Å². The van der Waals surface area contributed by atoms with Gasteiger partial charge in [0.25, 0.3) is 0 Å². The van der Waals surface area contributed by atoms with Gasteiger partial charge in [-0.15, -0.1) is 5.10 Å². The molecule has 0 aromatic carbocycles. The number of aromatic nitrogens is 3. The first-order chi connectivity index (χ1) is 14.5. The molecule has 12 nitrogen and oxygen atoms in total. The van der Waals surface area contributed by atoms with Crippen molar-refractivity contribution in [1.82, 2.24) is 20.3 Å². The highest BCUT2D eigenvalue weighted by atomic mass is 19.2. The Labute approximate surface area is 175 Å². The second-order valence-corrected chi connectivity index (χ2v) is 7.48. The number of aliphatic carboxylic acids is 1. The Kier molecular flexibility index (Phi) is 7.99. The van der Waals surface area contributed by atoms with Crippen LogP contribution in [0.3, 0.4) is 0 Å². The molecule has 31 heavy (non-hydrogen) atoms. The number of methoxy groups -OCH3 is 1. The number of amides is 1. The van der Waals surface area contributed by atoms with E-state index in [0.29, 0.717) is 0 Å². The van der Waals surface area contributed by atoms with Gasteiger partial charge in [0.15, 0.2) is 6.17 Å². The highest BCUT2D eigenvalue weighted by molar-refractivity contribution is 5.79. The van der Waals surface area contributed by atoms with Crippen molar-refractivity contribution in [3.8, 4) is 0 Å². The summed E-state index contributed by atoms with van der Waals surface area (Å²) in [4.78, 5) is 23.9. The lowest BCUT2D eigenvalue weighted by Gasteiger charge is -2.47. The number of hydrogen-bond donors (Lipinski definition) is 5. The maximum atomic E-state index is 15.3. The summed E-state index contributed by atoms with van der Waals surface area (Å²) in [5, 5.41) is 48.5. The quantitative estimate of drug-likeness (QED) is 0.290. The average molecular weight is 452 g/mol. The van der Waals surface area contributed by atoms with E-state index in [2.05, 4.69) is 15.6 Å². The monoisotopic (exact) mass is 452 g/mol. The number of carbonyl (C=O) groups excluding carboxylic acids is 1. The number of halogens is 2. The van der Waals surface area contributed by atoms with E-state index in [1.54, 1.807) is 0 Å². The minimum absolute atomic E-state index is 0.0435. The molecule has 2 heterocycles. The number of carbonyl (C=O) groups is 2. The third-order valence-corrected chi connectivity index (χ3v) is 4.88. The Morgan fingerprint density at radius 3 is 2.58 bits per heavy atom.